The van der Waals surface area contributed by atoms with Crippen molar-refractivity contribution in [3.05, 3.63) is 59.7 Å². The fourth-order valence-corrected chi connectivity index (χ4v) is 4.69. The highest BCUT2D eigenvalue weighted by Gasteiger charge is 2.26. The summed E-state index contributed by atoms with van der Waals surface area (Å²) in [7, 11) is 2.24. The first-order valence-electron chi connectivity index (χ1n) is 11.3. The summed E-state index contributed by atoms with van der Waals surface area (Å²) in [5.41, 5.74) is 5.24. The van der Waals surface area contributed by atoms with Gasteiger partial charge in [-0.25, -0.2) is 0 Å². The van der Waals surface area contributed by atoms with E-state index in [9.17, 15) is 0 Å². The molecule has 1 heterocycles. The van der Waals surface area contributed by atoms with E-state index in [0.717, 1.165) is 26.2 Å². The molecule has 2 aliphatic rings. The molecule has 156 valence electrons. The van der Waals surface area contributed by atoms with Gasteiger partial charge in [-0.2, -0.15) is 0 Å². The van der Waals surface area contributed by atoms with E-state index >= 15 is 0 Å². The second-order valence-corrected chi connectivity index (χ2v) is 9.18. The van der Waals surface area contributed by atoms with Crippen molar-refractivity contribution in [1.29, 1.82) is 0 Å². The summed E-state index contributed by atoms with van der Waals surface area (Å²) >= 11 is 0. The number of hydrogen-bond acceptors (Lipinski definition) is 3. The maximum absolute atomic E-state index is 6.04. The van der Waals surface area contributed by atoms with Gasteiger partial charge in [0.05, 0.1) is 12.7 Å². The van der Waals surface area contributed by atoms with Gasteiger partial charge in [0.2, 0.25) is 0 Å². The third kappa shape index (κ3) is 5.28. The first kappa shape index (κ1) is 20.6. The van der Waals surface area contributed by atoms with Crippen LogP contribution in [0.2, 0.25) is 0 Å². The molecule has 29 heavy (non-hydrogen) atoms. The predicted octanol–water partition coefficient (Wildman–Crippen LogP) is 5.34. The highest BCUT2D eigenvalue weighted by atomic mass is 16.5. The number of benzene rings is 2. The summed E-state index contributed by atoms with van der Waals surface area (Å²) in [4.78, 5) is 5.07. The Hall–Kier alpha value is -1.68. The Morgan fingerprint density at radius 1 is 0.793 bits per heavy atom. The Balaban J connectivity index is 1.33. The molecule has 0 spiro atoms. The highest BCUT2D eigenvalue weighted by Crippen LogP contribution is 2.24. The van der Waals surface area contributed by atoms with Gasteiger partial charge >= 0.3 is 0 Å². The predicted molar refractivity (Wildman–Crippen MR) is 121 cm³/mol. The van der Waals surface area contributed by atoms with Gasteiger partial charge in [-0.05, 0) is 56.0 Å². The molecule has 2 aromatic rings. The molecular weight excluding hydrogens is 356 g/mol. The van der Waals surface area contributed by atoms with Crippen LogP contribution in [0, 0.1) is 0 Å². The Labute approximate surface area is 176 Å². The van der Waals surface area contributed by atoms with E-state index in [4.69, 9.17) is 4.74 Å². The monoisotopic (exact) mass is 392 g/mol. The van der Waals surface area contributed by atoms with E-state index in [1.165, 1.54) is 47.9 Å². The molecule has 1 aliphatic carbocycles. The zero-order chi connectivity index (χ0) is 20.2. The summed E-state index contributed by atoms with van der Waals surface area (Å²) in [6, 6.07) is 19.2. The van der Waals surface area contributed by atoms with Crippen molar-refractivity contribution in [2.75, 3.05) is 20.1 Å². The van der Waals surface area contributed by atoms with Crippen LogP contribution in [0.4, 0.5) is 0 Å². The average molecular weight is 393 g/mol. The summed E-state index contributed by atoms with van der Waals surface area (Å²) in [5, 5.41) is 0. The zero-order valence-corrected chi connectivity index (χ0v) is 18.3. The van der Waals surface area contributed by atoms with E-state index < -0.39 is 0 Å². The molecule has 3 nitrogen and oxygen atoms in total. The van der Waals surface area contributed by atoms with Gasteiger partial charge in [-0.15, -0.1) is 0 Å². The van der Waals surface area contributed by atoms with E-state index in [-0.39, 0.29) is 0 Å². The molecule has 2 fully saturated rings. The lowest BCUT2D eigenvalue weighted by Gasteiger charge is -2.42. The second kappa shape index (κ2) is 9.42. The van der Waals surface area contributed by atoms with E-state index in [1.54, 1.807) is 0 Å². The molecule has 1 saturated carbocycles. The number of nitrogens with zero attached hydrogens (tertiary/aromatic N) is 2. The van der Waals surface area contributed by atoms with Crippen LogP contribution in [0.15, 0.2) is 48.5 Å². The Bertz CT molecular complexity index is 764. The summed E-state index contributed by atoms with van der Waals surface area (Å²) in [6.07, 6.45) is 5.60. The molecule has 4 rings (SSSR count). The van der Waals surface area contributed by atoms with Crippen molar-refractivity contribution in [2.45, 2.75) is 70.9 Å². The van der Waals surface area contributed by atoms with Crippen molar-refractivity contribution < 1.29 is 4.74 Å². The molecular formula is C26H36N2O. The first-order valence-corrected chi connectivity index (χ1v) is 11.3. The van der Waals surface area contributed by atoms with Crippen LogP contribution in [0.3, 0.4) is 0 Å². The molecule has 2 aromatic carbocycles. The van der Waals surface area contributed by atoms with E-state index in [2.05, 4.69) is 79.2 Å². The highest BCUT2D eigenvalue weighted by molar-refractivity contribution is 5.63. The maximum atomic E-state index is 6.04. The third-order valence-corrected chi connectivity index (χ3v) is 6.84. The normalized spacial score (nSPS) is 24.2. The SMILES string of the molecule is C[C@@H]1CN(C)[C@@H](C)CN1Cc1ccc(-c2ccc(COC3CCCC3)cc2)cc1. The van der Waals surface area contributed by atoms with Crippen LogP contribution in [-0.4, -0.2) is 48.1 Å². The minimum atomic E-state index is 0.480. The molecule has 2 atom stereocenters. The first-order chi connectivity index (χ1) is 14.1. The van der Waals surface area contributed by atoms with Gasteiger partial charge in [-0.1, -0.05) is 61.4 Å². The van der Waals surface area contributed by atoms with Crippen LogP contribution in [-0.2, 0) is 17.9 Å². The molecule has 0 amide bonds. The Morgan fingerprint density at radius 3 is 2.00 bits per heavy atom. The molecule has 0 bridgehead atoms. The van der Waals surface area contributed by atoms with Crippen LogP contribution < -0.4 is 0 Å². The number of likely N-dealkylation sites (N-methyl/N-ethyl adjacent to an activating group) is 1. The molecule has 0 N–H and O–H groups in total. The zero-order valence-electron chi connectivity index (χ0n) is 18.3. The van der Waals surface area contributed by atoms with Gasteiger partial charge in [0.1, 0.15) is 0 Å². The van der Waals surface area contributed by atoms with Gasteiger partial charge in [-0.3, -0.25) is 4.90 Å². The summed E-state index contributed by atoms with van der Waals surface area (Å²) in [6.45, 7) is 8.74. The molecule has 0 radical (unpaired) electrons. The van der Waals surface area contributed by atoms with Gasteiger partial charge in [0.15, 0.2) is 0 Å². The largest absolute Gasteiger partial charge is 0.374 e. The van der Waals surface area contributed by atoms with Crippen LogP contribution in [0.1, 0.15) is 50.7 Å². The van der Waals surface area contributed by atoms with Crippen molar-refractivity contribution in [3.8, 4) is 11.1 Å². The van der Waals surface area contributed by atoms with Crippen molar-refractivity contribution in [2.24, 2.45) is 0 Å². The van der Waals surface area contributed by atoms with Gasteiger partial charge in [0.25, 0.3) is 0 Å². The van der Waals surface area contributed by atoms with Crippen molar-refractivity contribution in [1.82, 2.24) is 9.80 Å². The standard InChI is InChI=1S/C26H36N2O/c1-20-17-28(21(2)16-27(20)3)18-22-8-12-24(13-9-22)25-14-10-23(11-15-25)19-29-26-6-4-5-7-26/h8-15,20-21,26H,4-7,16-19H2,1-3H3/t20-,21+/m0/s1. The minimum absolute atomic E-state index is 0.480. The number of ether oxygens (including phenoxy) is 1. The molecule has 1 saturated heterocycles. The van der Waals surface area contributed by atoms with Gasteiger partial charge < -0.3 is 9.64 Å². The molecule has 1 aliphatic heterocycles. The topological polar surface area (TPSA) is 15.7 Å². The number of rotatable bonds is 6. The lowest BCUT2D eigenvalue weighted by molar-refractivity contribution is 0.0457. The Kier molecular flexibility index (Phi) is 6.69. The quantitative estimate of drug-likeness (QED) is 0.660. The van der Waals surface area contributed by atoms with Gasteiger partial charge in [0, 0.05) is 31.7 Å². The van der Waals surface area contributed by atoms with Crippen molar-refractivity contribution >= 4 is 0 Å². The van der Waals surface area contributed by atoms with Crippen LogP contribution in [0.25, 0.3) is 11.1 Å². The lowest BCUT2D eigenvalue weighted by Crippen LogP contribution is -2.54. The number of piperazine rings is 1. The molecule has 0 unspecified atom stereocenters. The van der Waals surface area contributed by atoms with Crippen molar-refractivity contribution in [3.63, 3.8) is 0 Å². The average Bonchev–Trinajstić information content (AvgIpc) is 3.25. The summed E-state index contributed by atoms with van der Waals surface area (Å²) in [5.74, 6) is 0. The fourth-order valence-electron chi connectivity index (χ4n) is 4.69. The fraction of sp³-hybridized carbons (Fsp3) is 0.538. The van der Waals surface area contributed by atoms with Crippen LogP contribution in [0.5, 0.6) is 0 Å². The lowest BCUT2D eigenvalue weighted by atomic mass is 10.0. The minimum Gasteiger partial charge on any atom is -0.374 e. The number of hydrogen-bond donors (Lipinski definition) is 0. The second-order valence-electron chi connectivity index (χ2n) is 9.18. The van der Waals surface area contributed by atoms with E-state index in [0.29, 0.717) is 18.2 Å². The van der Waals surface area contributed by atoms with Crippen LogP contribution >= 0.6 is 0 Å². The molecule has 0 aromatic heterocycles. The Morgan fingerprint density at radius 2 is 1.38 bits per heavy atom. The maximum Gasteiger partial charge on any atom is 0.0720 e. The van der Waals surface area contributed by atoms with E-state index in [1.807, 2.05) is 0 Å². The smallest absolute Gasteiger partial charge is 0.0720 e. The molecule has 3 heteroatoms. The third-order valence-electron chi connectivity index (χ3n) is 6.84. The summed E-state index contributed by atoms with van der Waals surface area (Å²) < 4.78 is 6.04.